The van der Waals surface area contributed by atoms with Crippen molar-refractivity contribution in [3.05, 3.63) is 77.6 Å². The molecule has 0 spiro atoms. The molecule has 0 aliphatic heterocycles. The van der Waals surface area contributed by atoms with E-state index in [9.17, 15) is 4.79 Å². The molecule has 0 aliphatic rings. The Labute approximate surface area is 181 Å². The first kappa shape index (κ1) is 22.0. The largest absolute Gasteiger partial charge is 0.493 e. The molecule has 0 saturated heterocycles. The molecule has 1 atom stereocenters. The second kappa shape index (κ2) is 10.3. The van der Waals surface area contributed by atoms with Gasteiger partial charge in [-0.15, -0.1) is 0 Å². The number of hydrogen-bond donors (Lipinski definition) is 1. The Balaban J connectivity index is 1.65. The lowest BCUT2D eigenvalue weighted by Gasteiger charge is -2.19. The molecule has 2 aromatic carbocycles. The van der Waals surface area contributed by atoms with Gasteiger partial charge < -0.3 is 24.3 Å². The van der Waals surface area contributed by atoms with Gasteiger partial charge in [0.25, 0.3) is 5.91 Å². The van der Waals surface area contributed by atoms with Gasteiger partial charge in [0, 0.05) is 23.5 Å². The number of benzene rings is 2. The highest BCUT2D eigenvalue weighted by Crippen LogP contribution is 2.39. The summed E-state index contributed by atoms with van der Waals surface area (Å²) in [7, 11) is 4.67. The smallest absolute Gasteiger partial charge is 0.251 e. The van der Waals surface area contributed by atoms with Gasteiger partial charge in [0.05, 0.1) is 27.4 Å². The van der Waals surface area contributed by atoms with Crippen LogP contribution in [0.5, 0.6) is 23.0 Å². The highest BCUT2D eigenvalue weighted by molar-refractivity contribution is 5.94. The fourth-order valence-electron chi connectivity index (χ4n) is 3.07. The van der Waals surface area contributed by atoms with Crippen molar-refractivity contribution in [2.75, 3.05) is 21.3 Å². The molecular formula is C24H26N2O5. The number of nitrogens with zero attached hydrogens (tertiary/aromatic N) is 1. The predicted octanol–water partition coefficient (Wildman–Crippen LogP) is 4.18. The molecule has 7 heteroatoms. The molecule has 1 aromatic heterocycles. The first-order chi connectivity index (χ1) is 15.0. The normalized spacial score (nSPS) is 11.4. The summed E-state index contributed by atoms with van der Waals surface area (Å²) in [5, 5.41) is 2.99. The van der Waals surface area contributed by atoms with Gasteiger partial charge in [-0.25, -0.2) is 0 Å². The number of amides is 1. The van der Waals surface area contributed by atoms with Crippen molar-refractivity contribution in [2.45, 2.75) is 19.6 Å². The van der Waals surface area contributed by atoms with Gasteiger partial charge in [0.2, 0.25) is 5.75 Å². The van der Waals surface area contributed by atoms with E-state index in [1.54, 1.807) is 58.0 Å². The van der Waals surface area contributed by atoms with E-state index in [0.29, 0.717) is 35.2 Å². The van der Waals surface area contributed by atoms with Crippen LogP contribution < -0.4 is 24.3 Å². The van der Waals surface area contributed by atoms with Crippen LogP contribution in [0, 0.1) is 0 Å². The molecule has 0 saturated carbocycles. The molecule has 7 nitrogen and oxygen atoms in total. The van der Waals surface area contributed by atoms with Gasteiger partial charge in [-0.1, -0.05) is 6.07 Å². The number of hydrogen-bond acceptors (Lipinski definition) is 6. The topological polar surface area (TPSA) is 78.9 Å². The van der Waals surface area contributed by atoms with Crippen molar-refractivity contribution in [1.82, 2.24) is 10.3 Å². The molecule has 1 N–H and O–H groups in total. The fraction of sp³-hybridized carbons (Fsp3) is 0.250. The van der Waals surface area contributed by atoms with Crippen LogP contribution in [0.3, 0.4) is 0 Å². The number of rotatable bonds is 9. The zero-order valence-electron chi connectivity index (χ0n) is 18.0. The first-order valence-electron chi connectivity index (χ1n) is 9.78. The molecule has 0 aliphatic carbocycles. The Bertz CT molecular complexity index is 981. The van der Waals surface area contributed by atoms with Gasteiger partial charge in [0.15, 0.2) is 11.5 Å². The second-order valence-electron chi connectivity index (χ2n) is 6.83. The molecule has 1 heterocycles. The number of pyridine rings is 1. The number of aromatic nitrogens is 1. The second-order valence-corrected chi connectivity index (χ2v) is 6.83. The Morgan fingerprint density at radius 2 is 1.68 bits per heavy atom. The van der Waals surface area contributed by atoms with Crippen LogP contribution in [0.4, 0.5) is 0 Å². The van der Waals surface area contributed by atoms with E-state index in [1.807, 2.05) is 31.2 Å². The summed E-state index contributed by atoms with van der Waals surface area (Å²) in [5.74, 6) is 2.06. The van der Waals surface area contributed by atoms with Crippen molar-refractivity contribution >= 4 is 5.91 Å². The molecule has 0 fully saturated rings. The van der Waals surface area contributed by atoms with E-state index in [4.69, 9.17) is 18.9 Å². The van der Waals surface area contributed by atoms with Crippen LogP contribution in [0.2, 0.25) is 0 Å². The van der Waals surface area contributed by atoms with Gasteiger partial charge in [-0.3, -0.25) is 9.78 Å². The predicted molar refractivity (Wildman–Crippen MR) is 117 cm³/mol. The van der Waals surface area contributed by atoms with Crippen LogP contribution >= 0.6 is 0 Å². The maximum absolute atomic E-state index is 12.7. The van der Waals surface area contributed by atoms with E-state index in [-0.39, 0.29) is 11.9 Å². The molecule has 3 aromatic rings. The lowest BCUT2D eigenvalue weighted by atomic mass is 10.1. The van der Waals surface area contributed by atoms with Crippen LogP contribution in [0.25, 0.3) is 0 Å². The third kappa shape index (κ3) is 5.45. The van der Waals surface area contributed by atoms with Gasteiger partial charge >= 0.3 is 0 Å². The zero-order valence-corrected chi connectivity index (χ0v) is 18.0. The number of ether oxygens (including phenoxy) is 4. The van der Waals surface area contributed by atoms with E-state index >= 15 is 0 Å². The van der Waals surface area contributed by atoms with Crippen LogP contribution in [-0.4, -0.2) is 32.2 Å². The summed E-state index contributed by atoms with van der Waals surface area (Å²) >= 11 is 0. The van der Waals surface area contributed by atoms with Crippen molar-refractivity contribution in [3.63, 3.8) is 0 Å². The average Bonchev–Trinajstić information content (AvgIpc) is 2.82. The summed E-state index contributed by atoms with van der Waals surface area (Å²) in [6, 6.07) is 14.2. The van der Waals surface area contributed by atoms with Crippen molar-refractivity contribution in [1.29, 1.82) is 0 Å². The van der Waals surface area contributed by atoms with Crippen molar-refractivity contribution in [2.24, 2.45) is 0 Å². The van der Waals surface area contributed by atoms with E-state index in [2.05, 4.69) is 10.3 Å². The van der Waals surface area contributed by atoms with Crippen LogP contribution in [-0.2, 0) is 6.61 Å². The van der Waals surface area contributed by atoms with Gasteiger partial charge in [-0.05, 0) is 55.0 Å². The highest BCUT2D eigenvalue weighted by atomic mass is 16.5. The number of carbonyl (C=O) groups excluding carboxylic acids is 1. The van der Waals surface area contributed by atoms with Gasteiger partial charge in [-0.2, -0.15) is 0 Å². The lowest BCUT2D eigenvalue weighted by molar-refractivity contribution is 0.0939. The quantitative estimate of drug-likeness (QED) is 0.557. The summed E-state index contributed by atoms with van der Waals surface area (Å²) in [4.78, 5) is 16.8. The Morgan fingerprint density at radius 3 is 2.23 bits per heavy atom. The zero-order chi connectivity index (χ0) is 22.2. The first-order valence-corrected chi connectivity index (χ1v) is 9.78. The SMILES string of the molecule is COc1cc([C@H](C)NC(=O)c2ccc(OCc3cccnc3)cc2)cc(OC)c1OC. The lowest BCUT2D eigenvalue weighted by Crippen LogP contribution is -2.26. The minimum atomic E-state index is -0.275. The summed E-state index contributed by atoms with van der Waals surface area (Å²) in [6.45, 7) is 2.31. The summed E-state index contributed by atoms with van der Waals surface area (Å²) in [5.41, 5.74) is 2.34. The third-order valence-electron chi connectivity index (χ3n) is 4.78. The monoisotopic (exact) mass is 422 g/mol. The molecule has 0 radical (unpaired) electrons. The molecule has 0 bridgehead atoms. The Kier molecular flexibility index (Phi) is 7.32. The molecule has 0 unspecified atom stereocenters. The van der Waals surface area contributed by atoms with E-state index < -0.39 is 0 Å². The number of nitrogens with one attached hydrogen (secondary N) is 1. The molecule has 1 amide bonds. The molecule has 3 rings (SSSR count). The minimum Gasteiger partial charge on any atom is -0.493 e. The van der Waals surface area contributed by atoms with Crippen LogP contribution in [0.15, 0.2) is 60.9 Å². The third-order valence-corrected chi connectivity index (χ3v) is 4.78. The van der Waals surface area contributed by atoms with Crippen molar-refractivity contribution in [3.8, 4) is 23.0 Å². The van der Waals surface area contributed by atoms with Crippen LogP contribution in [0.1, 0.15) is 34.5 Å². The number of methoxy groups -OCH3 is 3. The summed E-state index contributed by atoms with van der Waals surface area (Å²) < 4.78 is 21.9. The highest BCUT2D eigenvalue weighted by Gasteiger charge is 2.18. The van der Waals surface area contributed by atoms with Gasteiger partial charge in [0.1, 0.15) is 12.4 Å². The molecule has 162 valence electrons. The van der Waals surface area contributed by atoms with E-state index in [1.165, 1.54) is 0 Å². The maximum atomic E-state index is 12.7. The van der Waals surface area contributed by atoms with Crippen molar-refractivity contribution < 1.29 is 23.7 Å². The minimum absolute atomic E-state index is 0.194. The van der Waals surface area contributed by atoms with E-state index in [0.717, 1.165) is 11.1 Å². The maximum Gasteiger partial charge on any atom is 0.251 e. The Hall–Kier alpha value is -3.74. The average molecular weight is 422 g/mol. The molecule has 31 heavy (non-hydrogen) atoms. The fourth-order valence-corrected chi connectivity index (χ4v) is 3.07. The molecular weight excluding hydrogens is 396 g/mol. The summed E-state index contributed by atoms with van der Waals surface area (Å²) in [6.07, 6.45) is 3.47. The Morgan fingerprint density at radius 1 is 1.00 bits per heavy atom. The number of carbonyl (C=O) groups is 1. The standard InChI is InChI=1S/C24H26N2O5/c1-16(19-12-21(28-2)23(30-4)22(13-19)29-3)26-24(27)18-7-9-20(10-8-18)31-15-17-6-5-11-25-14-17/h5-14,16H,15H2,1-4H3,(H,26,27)/t16-/m0/s1.